The van der Waals surface area contributed by atoms with E-state index in [9.17, 15) is 0 Å². The molecule has 2 aromatic rings. The summed E-state index contributed by atoms with van der Waals surface area (Å²) in [6.07, 6.45) is 0. The van der Waals surface area contributed by atoms with Crippen LogP contribution in [0.4, 0.5) is 5.95 Å². The number of hydrogen-bond acceptors (Lipinski definition) is 5. The lowest BCUT2D eigenvalue weighted by Gasteiger charge is -2.15. The van der Waals surface area contributed by atoms with Gasteiger partial charge >= 0.3 is 0 Å². The molecule has 2 N–H and O–H groups in total. The number of methoxy groups -OCH3 is 1. The zero-order valence-corrected chi connectivity index (χ0v) is 10.9. The van der Waals surface area contributed by atoms with E-state index in [-0.39, 0.29) is 6.04 Å². The fourth-order valence-corrected chi connectivity index (χ4v) is 1.89. The Bertz CT molecular complexity index is 538. The molecule has 0 saturated carbocycles. The zero-order chi connectivity index (χ0) is 13.1. The van der Waals surface area contributed by atoms with Gasteiger partial charge in [0.25, 0.3) is 0 Å². The third-order valence-electron chi connectivity index (χ3n) is 2.75. The lowest BCUT2D eigenvalue weighted by molar-refractivity contribution is 0.120. The van der Waals surface area contributed by atoms with E-state index < -0.39 is 0 Å². The molecule has 0 aromatic carbocycles. The second-order valence-electron chi connectivity index (χ2n) is 4.04. The molecule has 18 heavy (non-hydrogen) atoms. The summed E-state index contributed by atoms with van der Waals surface area (Å²) in [5, 5.41) is 0. The monoisotopic (exact) mass is 250 g/mol. The third-order valence-corrected chi connectivity index (χ3v) is 2.75. The van der Waals surface area contributed by atoms with Gasteiger partial charge in [-0.05, 0) is 19.9 Å². The summed E-state index contributed by atoms with van der Waals surface area (Å²) in [5.74, 6) is 0.991. The maximum absolute atomic E-state index is 5.93. The second kappa shape index (κ2) is 5.22. The molecule has 1 unspecified atom stereocenters. The quantitative estimate of drug-likeness (QED) is 0.872. The predicted molar refractivity (Wildman–Crippen MR) is 69.7 cm³/mol. The first-order valence-electron chi connectivity index (χ1n) is 5.93. The normalized spacial score (nSPS) is 12.8. The van der Waals surface area contributed by atoms with Crippen LogP contribution in [-0.4, -0.2) is 34.9 Å². The van der Waals surface area contributed by atoms with Gasteiger partial charge in [-0.25, -0.2) is 4.98 Å². The number of nitrogens with two attached hydrogens (primary N) is 1. The molecular formula is C12H18N4O2. The SMILES string of the molecule is CCOCC(C)n1c(N)nc2ccc(OC)nc21. The maximum Gasteiger partial charge on any atom is 0.215 e. The summed E-state index contributed by atoms with van der Waals surface area (Å²) in [6, 6.07) is 3.70. The van der Waals surface area contributed by atoms with Gasteiger partial charge in [0.05, 0.1) is 19.8 Å². The van der Waals surface area contributed by atoms with Gasteiger partial charge in [-0.3, -0.25) is 4.57 Å². The molecule has 98 valence electrons. The molecule has 6 heteroatoms. The average Bonchev–Trinajstić information content (AvgIpc) is 2.70. The van der Waals surface area contributed by atoms with Crippen molar-refractivity contribution in [3.63, 3.8) is 0 Å². The number of fused-ring (bicyclic) bond motifs is 1. The second-order valence-corrected chi connectivity index (χ2v) is 4.04. The Labute approximate surface area is 106 Å². The summed E-state index contributed by atoms with van der Waals surface area (Å²) in [5.41, 5.74) is 7.42. The summed E-state index contributed by atoms with van der Waals surface area (Å²) >= 11 is 0. The van der Waals surface area contributed by atoms with E-state index in [1.807, 2.05) is 24.5 Å². The van der Waals surface area contributed by atoms with Crippen LogP contribution >= 0.6 is 0 Å². The summed E-state index contributed by atoms with van der Waals surface area (Å²) in [7, 11) is 1.59. The van der Waals surface area contributed by atoms with Crippen LogP contribution in [0.5, 0.6) is 5.88 Å². The largest absolute Gasteiger partial charge is 0.481 e. The standard InChI is InChI=1S/C12H18N4O2/c1-4-18-7-8(2)16-11-9(14-12(16)13)5-6-10(15-11)17-3/h5-6,8H,4,7H2,1-3H3,(H2,13,14). The highest BCUT2D eigenvalue weighted by Crippen LogP contribution is 2.23. The molecule has 0 saturated heterocycles. The number of ether oxygens (including phenoxy) is 2. The number of pyridine rings is 1. The molecule has 0 fully saturated rings. The molecule has 1 atom stereocenters. The first-order chi connectivity index (χ1) is 8.67. The number of nitrogen functional groups attached to an aromatic ring is 1. The predicted octanol–water partition coefficient (Wildman–Crippen LogP) is 1.62. The van der Waals surface area contributed by atoms with E-state index >= 15 is 0 Å². The Kier molecular flexibility index (Phi) is 3.66. The Morgan fingerprint density at radius 2 is 2.17 bits per heavy atom. The summed E-state index contributed by atoms with van der Waals surface area (Å²) in [4.78, 5) is 8.67. The van der Waals surface area contributed by atoms with Crippen molar-refractivity contribution in [1.82, 2.24) is 14.5 Å². The van der Waals surface area contributed by atoms with E-state index in [4.69, 9.17) is 15.2 Å². The van der Waals surface area contributed by atoms with Crippen molar-refractivity contribution in [2.45, 2.75) is 19.9 Å². The number of nitrogens with zero attached hydrogens (tertiary/aromatic N) is 3. The average molecular weight is 250 g/mol. The zero-order valence-electron chi connectivity index (χ0n) is 10.9. The lowest BCUT2D eigenvalue weighted by Crippen LogP contribution is -2.15. The van der Waals surface area contributed by atoms with Gasteiger partial charge in [-0.2, -0.15) is 4.98 Å². The van der Waals surface area contributed by atoms with Gasteiger partial charge in [0, 0.05) is 12.7 Å². The topological polar surface area (TPSA) is 75.2 Å². The first kappa shape index (κ1) is 12.6. The van der Waals surface area contributed by atoms with Crippen molar-refractivity contribution in [2.75, 3.05) is 26.1 Å². The molecule has 2 rings (SSSR count). The maximum atomic E-state index is 5.93. The highest BCUT2D eigenvalue weighted by molar-refractivity contribution is 5.75. The van der Waals surface area contributed by atoms with Crippen LogP contribution in [0.25, 0.3) is 11.2 Å². The molecule has 0 radical (unpaired) electrons. The molecule has 0 aliphatic heterocycles. The number of imidazole rings is 1. The molecular weight excluding hydrogens is 232 g/mol. The van der Waals surface area contributed by atoms with Crippen LogP contribution in [0.3, 0.4) is 0 Å². The fourth-order valence-electron chi connectivity index (χ4n) is 1.89. The Balaban J connectivity index is 2.44. The van der Waals surface area contributed by atoms with Crippen molar-refractivity contribution < 1.29 is 9.47 Å². The van der Waals surface area contributed by atoms with Crippen molar-refractivity contribution >= 4 is 17.1 Å². The highest BCUT2D eigenvalue weighted by atomic mass is 16.5. The van der Waals surface area contributed by atoms with E-state index in [1.54, 1.807) is 13.2 Å². The van der Waals surface area contributed by atoms with Crippen LogP contribution in [0.15, 0.2) is 12.1 Å². The van der Waals surface area contributed by atoms with Gasteiger partial charge < -0.3 is 15.2 Å². The van der Waals surface area contributed by atoms with Gasteiger partial charge in [-0.1, -0.05) is 0 Å². The first-order valence-corrected chi connectivity index (χ1v) is 5.93. The molecule has 2 aromatic heterocycles. The van der Waals surface area contributed by atoms with E-state index in [0.29, 0.717) is 25.0 Å². The van der Waals surface area contributed by atoms with Crippen LogP contribution < -0.4 is 10.5 Å². The van der Waals surface area contributed by atoms with Crippen molar-refractivity contribution in [3.05, 3.63) is 12.1 Å². The fraction of sp³-hybridized carbons (Fsp3) is 0.500. The minimum absolute atomic E-state index is 0.0783. The molecule has 0 aliphatic rings. The summed E-state index contributed by atoms with van der Waals surface area (Å²) in [6.45, 7) is 5.23. The van der Waals surface area contributed by atoms with Gasteiger partial charge in [0.2, 0.25) is 11.8 Å². The Hall–Kier alpha value is -1.82. The lowest BCUT2D eigenvalue weighted by atomic mass is 10.3. The summed E-state index contributed by atoms with van der Waals surface area (Å²) < 4.78 is 12.4. The van der Waals surface area contributed by atoms with Gasteiger partial charge in [-0.15, -0.1) is 0 Å². The van der Waals surface area contributed by atoms with Crippen molar-refractivity contribution in [3.8, 4) is 5.88 Å². The molecule has 6 nitrogen and oxygen atoms in total. The molecule has 0 bridgehead atoms. The number of rotatable bonds is 5. The van der Waals surface area contributed by atoms with Gasteiger partial charge in [0.1, 0.15) is 5.52 Å². The van der Waals surface area contributed by atoms with Crippen LogP contribution in [-0.2, 0) is 4.74 Å². The van der Waals surface area contributed by atoms with Crippen molar-refractivity contribution in [2.24, 2.45) is 0 Å². The van der Waals surface area contributed by atoms with E-state index in [1.165, 1.54) is 0 Å². The smallest absolute Gasteiger partial charge is 0.215 e. The Morgan fingerprint density at radius 3 is 2.83 bits per heavy atom. The molecule has 0 aliphatic carbocycles. The minimum Gasteiger partial charge on any atom is -0.481 e. The highest BCUT2D eigenvalue weighted by Gasteiger charge is 2.15. The number of hydrogen-bond donors (Lipinski definition) is 1. The third kappa shape index (κ3) is 2.24. The Morgan fingerprint density at radius 1 is 1.39 bits per heavy atom. The molecule has 2 heterocycles. The molecule has 0 amide bonds. The van der Waals surface area contributed by atoms with E-state index in [2.05, 4.69) is 9.97 Å². The van der Waals surface area contributed by atoms with Crippen LogP contribution in [0.1, 0.15) is 19.9 Å². The van der Waals surface area contributed by atoms with Gasteiger partial charge in [0.15, 0.2) is 5.65 Å². The number of anilines is 1. The van der Waals surface area contributed by atoms with Crippen LogP contribution in [0.2, 0.25) is 0 Å². The molecule has 0 spiro atoms. The van der Waals surface area contributed by atoms with Crippen molar-refractivity contribution in [1.29, 1.82) is 0 Å². The van der Waals surface area contributed by atoms with Crippen LogP contribution in [0, 0.1) is 0 Å². The number of aromatic nitrogens is 3. The minimum atomic E-state index is 0.0783. The van der Waals surface area contributed by atoms with E-state index in [0.717, 1.165) is 11.2 Å².